The smallest absolute Gasteiger partial charge is 0.257 e. The molecule has 1 aliphatic rings. The monoisotopic (exact) mass is 340 g/mol. The first kappa shape index (κ1) is 16.1. The number of halogens is 1. The summed E-state index contributed by atoms with van der Waals surface area (Å²) >= 11 is 0. The van der Waals surface area contributed by atoms with E-state index in [1.54, 1.807) is 6.92 Å². The summed E-state index contributed by atoms with van der Waals surface area (Å²) in [5, 5.41) is 13.2. The van der Waals surface area contributed by atoms with Gasteiger partial charge in [0.1, 0.15) is 0 Å². The zero-order valence-electron chi connectivity index (χ0n) is 14.2. The molecule has 1 aliphatic heterocycles. The number of rotatable bonds is 4. The van der Waals surface area contributed by atoms with Gasteiger partial charge in [-0.3, -0.25) is 4.79 Å². The Kier molecular flexibility index (Phi) is 3.76. The number of aromatic nitrogens is 1. The Morgan fingerprint density at radius 3 is 2.16 bits per heavy atom. The molecule has 0 saturated carbocycles. The molecule has 1 aromatic heterocycles. The lowest BCUT2D eigenvalue weighted by atomic mass is 10.1. The van der Waals surface area contributed by atoms with Gasteiger partial charge in [0, 0.05) is 34.8 Å². The quantitative estimate of drug-likeness (QED) is 0.793. The molecule has 1 amide bonds. The first-order chi connectivity index (χ1) is 12.0. The van der Waals surface area contributed by atoms with Gasteiger partial charge in [0.2, 0.25) is 0 Å². The summed E-state index contributed by atoms with van der Waals surface area (Å²) in [6.45, 7) is 2.54. The van der Waals surface area contributed by atoms with Crippen molar-refractivity contribution in [3.63, 3.8) is 0 Å². The molecule has 1 N–H and O–H groups in total. The maximum Gasteiger partial charge on any atom is 0.257 e. The number of nitrogens with zero attached hydrogens (tertiary/aromatic N) is 2. The summed E-state index contributed by atoms with van der Waals surface area (Å²) in [5.41, 5.74) is 0.935. The number of fused-ring (bicyclic) bond motifs is 3. The maximum atomic E-state index is 13.5. The normalized spacial score (nSPS) is 20.5. The molecule has 2 heterocycles. The second kappa shape index (κ2) is 5.85. The highest BCUT2D eigenvalue weighted by atomic mass is 19.1. The van der Waals surface area contributed by atoms with E-state index in [9.17, 15) is 14.3 Å². The number of β-amino-alcohol motifs (C(OH)–C–C–N with tert-alkyl or cyclic N) is 1. The Bertz CT molecular complexity index is 894. The predicted octanol–water partition coefficient (Wildman–Crippen LogP) is 3.12. The molecule has 0 bridgehead atoms. The van der Waals surface area contributed by atoms with Crippen molar-refractivity contribution in [2.24, 2.45) is 0 Å². The van der Waals surface area contributed by atoms with Crippen LogP contribution in [0.4, 0.5) is 4.39 Å². The average Bonchev–Trinajstić information content (AvgIpc) is 3.08. The number of carbonyl (C=O) groups excluding carboxylic acids is 1. The van der Waals surface area contributed by atoms with Gasteiger partial charge in [-0.1, -0.05) is 36.4 Å². The van der Waals surface area contributed by atoms with Crippen molar-refractivity contribution in [3.05, 3.63) is 48.5 Å². The van der Waals surface area contributed by atoms with E-state index >= 15 is 0 Å². The molecule has 4 rings (SSSR count). The second-order valence-electron chi connectivity index (χ2n) is 7.13. The molecule has 0 radical (unpaired) electrons. The molecule has 1 saturated heterocycles. The van der Waals surface area contributed by atoms with Gasteiger partial charge in [-0.2, -0.15) is 0 Å². The zero-order chi connectivity index (χ0) is 17.6. The van der Waals surface area contributed by atoms with Gasteiger partial charge in [0.05, 0.1) is 18.7 Å². The number of benzene rings is 2. The van der Waals surface area contributed by atoms with Gasteiger partial charge >= 0.3 is 0 Å². The maximum absolute atomic E-state index is 13.5. The van der Waals surface area contributed by atoms with Gasteiger partial charge < -0.3 is 14.6 Å². The van der Waals surface area contributed by atoms with Crippen LogP contribution in [-0.2, 0) is 11.3 Å². The molecule has 2 aromatic carbocycles. The second-order valence-corrected chi connectivity index (χ2v) is 7.13. The highest BCUT2D eigenvalue weighted by Crippen LogP contribution is 2.30. The molecule has 2 atom stereocenters. The summed E-state index contributed by atoms with van der Waals surface area (Å²) in [5.74, 6) is -0.512. The lowest BCUT2D eigenvalue weighted by Crippen LogP contribution is -2.45. The molecule has 1 unspecified atom stereocenters. The zero-order valence-corrected chi connectivity index (χ0v) is 14.2. The van der Waals surface area contributed by atoms with Crippen molar-refractivity contribution < 1.29 is 14.3 Å². The van der Waals surface area contributed by atoms with Crippen LogP contribution in [0.15, 0.2) is 48.5 Å². The molecule has 130 valence electrons. The molecule has 0 spiro atoms. The molecule has 25 heavy (non-hydrogen) atoms. The molecular weight excluding hydrogens is 319 g/mol. The summed E-state index contributed by atoms with van der Waals surface area (Å²) in [6, 6.07) is 16.2. The largest absolute Gasteiger partial charge is 0.386 e. The van der Waals surface area contributed by atoms with Crippen molar-refractivity contribution in [1.82, 2.24) is 9.47 Å². The SMILES string of the molecule is CC(O)(CN1CC[C@H](F)C1=O)Cn1c2ccccc2c2ccccc21. The molecule has 4 nitrogen and oxygen atoms in total. The number of likely N-dealkylation sites (tertiary alicyclic amines) is 1. The molecule has 5 heteroatoms. The number of hydrogen-bond donors (Lipinski definition) is 1. The fraction of sp³-hybridized carbons (Fsp3) is 0.350. The minimum absolute atomic E-state index is 0.132. The van der Waals surface area contributed by atoms with Crippen LogP contribution in [0.2, 0.25) is 0 Å². The number of amides is 1. The minimum Gasteiger partial charge on any atom is -0.386 e. The Labute approximate surface area is 145 Å². The highest BCUT2D eigenvalue weighted by molar-refractivity contribution is 6.07. The Morgan fingerprint density at radius 2 is 1.64 bits per heavy atom. The summed E-state index contributed by atoms with van der Waals surface area (Å²) in [6.07, 6.45) is -1.21. The van der Waals surface area contributed by atoms with Crippen LogP contribution >= 0.6 is 0 Å². The number of alkyl halides is 1. The van der Waals surface area contributed by atoms with E-state index < -0.39 is 17.7 Å². The lowest BCUT2D eigenvalue weighted by molar-refractivity contribution is -0.134. The molecule has 0 aliphatic carbocycles. The van der Waals surface area contributed by atoms with E-state index in [0.29, 0.717) is 13.1 Å². The number of carbonyl (C=O) groups is 1. The third kappa shape index (κ3) is 2.78. The fourth-order valence-electron chi connectivity index (χ4n) is 3.83. The summed E-state index contributed by atoms with van der Waals surface area (Å²) in [7, 11) is 0. The standard InChI is InChI=1S/C20H21FN2O2/c1-20(25,12-22-11-10-16(21)19(22)24)13-23-17-8-4-2-6-14(17)15-7-3-5-9-18(15)23/h2-9,16,25H,10-13H2,1H3/t16-,20?/m0/s1. The van der Waals surface area contributed by atoms with E-state index in [1.165, 1.54) is 4.90 Å². The fourth-order valence-corrected chi connectivity index (χ4v) is 3.83. The van der Waals surface area contributed by atoms with Crippen LogP contribution in [0.5, 0.6) is 0 Å². The lowest BCUT2D eigenvalue weighted by Gasteiger charge is -2.30. The number of para-hydroxylation sites is 2. The predicted molar refractivity (Wildman–Crippen MR) is 96.2 cm³/mol. The Morgan fingerprint density at radius 1 is 1.08 bits per heavy atom. The van der Waals surface area contributed by atoms with Crippen molar-refractivity contribution in [2.45, 2.75) is 31.7 Å². The average molecular weight is 340 g/mol. The van der Waals surface area contributed by atoms with E-state index in [2.05, 4.69) is 16.7 Å². The summed E-state index contributed by atoms with van der Waals surface area (Å²) in [4.78, 5) is 13.3. The first-order valence-corrected chi connectivity index (χ1v) is 8.57. The highest BCUT2D eigenvalue weighted by Gasteiger charge is 2.36. The minimum atomic E-state index is -1.43. The van der Waals surface area contributed by atoms with Crippen molar-refractivity contribution in [3.8, 4) is 0 Å². The van der Waals surface area contributed by atoms with Crippen LogP contribution in [0.25, 0.3) is 21.8 Å². The van der Waals surface area contributed by atoms with E-state index in [-0.39, 0.29) is 13.0 Å². The van der Waals surface area contributed by atoms with Crippen LogP contribution in [0, 0.1) is 0 Å². The molecular formula is C20H21FN2O2. The van der Waals surface area contributed by atoms with Crippen molar-refractivity contribution in [2.75, 3.05) is 13.1 Å². The molecule has 3 aromatic rings. The van der Waals surface area contributed by atoms with Crippen molar-refractivity contribution in [1.29, 1.82) is 0 Å². The number of aliphatic hydroxyl groups is 1. The van der Waals surface area contributed by atoms with Gasteiger partial charge in [0.15, 0.2) is 6.17 Å². The van der Waals surface area contributed by atoms with Crippen molar-refractivity contribution >= 4 is 27.7 Å². The topological polar surface area (TPSA) is 45.5 Å². The Balaban J connectivity index is 1.70. The molecule has 1 fully saturated rings. The van der Waals surface area contributed by atoms with Crippen LogP contribution < -0.4 is 0 Å². The van der Waals surface area contributed by atoms with Crippen LogP contribution in [0.3, 0.4) is 0 Å². The van der Waals surface area contributed by atoms with E-state index in [4.69, 9.17) is 0 Å². The third-order valence-corrected chi connectivity index (χ3v) is 4.94. The summed E-state index contributed by atoms with van der Waals surface area (Å²) < 4.78 is 15.5. The number of hydrogen-bond acceptors (Lipinski definition) is 2. The van der Waals surface area contributed by atoms with Gasteiger partial charge in [0.25, 0.3) is 5.91 Å². The van der Waals surface area contributed by atoms with Crippen LogP contribution in [0.1, 0.15) is 13.3 Å². The van der Waals surface area contributed by atoms with Gasteiger partial charge in [-0.15, -0.1) is 0 Å². The first-order valence-electron chi connectivity index (χ1n) is 8.57. The van der Waals surface area contributed by atoms with E-state index in [0.717, 1.165) is 21.8 Å². The van der Waals surface area contributed by atoms with Gasteiger partial charge in [-0.25, -0.2) is 4.39 Å². The third-order valence-electron chi connectivity index (χ3n) is 4.94. The van der Waals surface area contributed by atoms with Crippen LogP contribution in [-0.4, -0.2) is 45.3 Å². The van der Waals surface area contributed by atoms with E-state index in [1.807, 2.05) is 36.4 Å². The van der Waals surface area contributed by atoms with Gasteiger partial charge in [-0.05, 0) is 19.1 Å². The Hall–Kier alpha value is -2.40.